The third-order valence-corrected chi connectivity index (χ3v) is 2.82. The van der Waals surface area contributed by atoms with Crippen molar-refractivity contribution in [3.05, 3.63) is 41.7 Å². The Balaban J connectivity index is 2.12. The lowest BCUT2D eigenvalue weighted by Gasteiger charge is -2.13. The summed E-state index contributed by atoms with van der Waals surface area (Å²) in [5, 5.41) is 16.2. The van der Waals surface area contributed by atoms with Gasteiger partial charge in [-0.1, -0.05) is 11.6 Å². The van der Waals surface area contributed by atoms with Crippen LogP contribution in [0.4, 0.5) is 5.69 Å². The molecule has 0 radical (unpaired) electrons. The van der Waals surface area contributed by atoms with Gasteiger partial charge in [-0.2, -0.15) is 5.10 Å². The lowest BCUT2D eigenvalue weighted by molar-refractivity contribution is -0.119. The number of benzene rings is 1. The second kappa shape index (κ2) is 5.10. The molecule has 0 saturated heterocycles. The molecular weight excluding hydrogens is 254 g/mol. The molecule has 0 aliphatic heterocycles. The van der Waals surface area contributed by atoms with E-state index in [1.165, 1.54) is 12.1 Å². The quantitative estimate of drug-likeness (QED) is 0.838. The van der Waals surface area contributed by atoms with Crippen LogP contribution in [0.25, 0.3) is 0 Å². The van der Waals surface area contributed by atoms with Gasteiger partial charge in [0.1, 0.15) is 11.8 Å². The minimum atomic E-state index is -0.440. The lowest BCUT2D eigenvalue weighted by Crippen LogP contribution is -2.24. The molecule has 1 aromatic carbocycles. The van der Waals surface area contributed by atoms with E-state index < -0.39 is 6.04 Å². The van der Waals surface area contributed by atoms with E-state index >= 15 is 0 Å². The van der Waals surface area contributed by atoms with Gasteiger partial charge in [-0.15, -0.1) is 0 Å². The highest BCUT2D eigenvalue weighted by Gasteiger charge is 2.16. The molecule has 1 atom stereocenters. The predicted molar refractivity (Wildman–Crippen MR) is 68.7 cm³/mol. The fourth-order valence-electron chi connectivity index (χ4n) is 1.47. The number of phenolic OH excluding ortho intramolecular Hbond substituents is 1. The Kier molecular flexibility index (Phi) is 3.53. The monoisotopic (exact) mass is 265 g/mol. The number of hydrogen-bond acceptors (Lipinski definition) is 3. The van der Waals surface area contributed by atoms with Gasteiger partial charge in [-0.05, 0) is 25.1 Å². The molecule has 2 rings (SSSR count). The summed E-state index contributed by atoms with van der Waals surface area (Å²) >= 11 is 5.91. The van der Waals surface area contributed by atoms with Gasteiger partial charge < -0.3 is 10.4 Å². The van der Waals surface area contributed by atoms with Crippen molar-refractivity contribution in [3.63, 3.8) is 0 Å². The summed E-state index contributed by atoms with van der Waals surface area (Å²) in [6.45, 7) is 1.73. The first-order valence-electron chi connectivity index (χ1n) is 5.36. The molecule has 1 heterocycles. The summed E-state index contributed by atoms with van der Waals surface area (Å²) in [5.74, 6) is -0.176. The van der Waals surface area contributed by atoms with Gasteiger partial charge in [-0.25, -0.2) is 0 Å². The van der Waals surface area contributed by atoms with Gasteiger partial charge in [-0.3, -0.25) is 9.48 Å². The molecule has 1 unspecified atom stereocenters. The number of aromatic nitrogens is 2. The van der Waals surface area contributed by atoms with E-state index in [1.807, 2.05) is 0 Å². The second-order valence-electron chi connectivity index (χ2n) is 3.82. The summed E-state index contributed by atoms with van der Waals surface area (Å²) in [6.07, 6.45) is 3.32. The molecule has 5 nitrogen and oxygen atoms in total. The maximum absolute atomic E-state index is 12.0. The Bertz CT molecular complexity index is 554. The molecule has 1 aromatic heterocycles. The van der Waals surface area contributed by atoms with Crippen LogP contribution in [0.3, 0.4) is 0 Å². The summed E-state index contributed by atoms with van der Waals surface area (Å²) in [5.41, 5.74) is 0.457. The first kappa shape index (κ1) is 12.4. The van der Waals surface area contributed by atoms with Crippen LogP contribution in [-0.2, 0) is 4.79 Å². The van der Waals surface area contributed by atoms with Crippen LogP contribution in [0, 0.1) is 0 Å². The molecule has 6 heteroatoms. The van der Waals surface area contributed by atoms with Crippen molar-refractivity contribution in [3.8, 4) is 5.75 Å². The smallest absolute Gasteiger partial charge is 0.248 e. The van der Waals surface area contributed by atoms with Gasteiger partial charge >= 0.3 is 0 Å². The Morgan fingerprint density at radius 1 is 1.56 bits per heavy atom. The highest BCUT2D eigenvalue weighted by atomic mass is 35.5. The van der Waals surface area contributed by atoms with Crippen LogP contribution in [-0.4, -0.2) is 20.8 Å². The van der Waals surface area contributed by atoms with Crippen molar-refractivity contribution in [2.24, 2.45) is 0 Å². The zero-order valence-corrected chi connectivity index (χ0v) is 10.4. The Hall–Kier alpha value is -2.01. The summed E-state index contributed by atoms with van der Waals surface area (Å²) in [7, 11) is 0. The number of amides is 1. The fraction of sp³-hybridized carbons (Fsp3) is 0.167. The molecule has 18 heavy (non-hydrogen) atoms. The van der Waals surface area contributed by atoms with Crippen molar-refractivity contribution in [1.82, 2.24) is 9.78 Å². The first-order valence-corrected chi connectivity index (χ1v) is 5.74. The SMILES string of the molecule is CC(C(=O)Nc1ccc(O)cc1Cl)n1cccn1. The number of nitrogens with zero attached hydrogens (tertiary/aromatic N) is 2. The first-order chi connectivity index (χ1) is 8.58. The Labute approximate surface area is 109 Å². The number of aromatic hydroxyl groups is 1. The van der Waals surface area contributed by atoms with Gasteiger partial charge in [0.2, 0.25) is 5.91 Å². The van der Waals surface area contributed by atoms with Crippen molar-refractivity contribution >= 4 is 23.2 Å². The minimum absolute atomic E-state index is 0.0538. The van der Waals surface area contributed by atoms with E-state index in [1.54, 1.807) is 36.1 Å². The fourth-order valence-corrected chi connectivity index (χ4v) is 1.69. The molecule has 0 spiro atoms. The van der Waals surface area contributed by atoms with E-state index in [0.29, 0.717) is 5.69 Å². The summed E-state index contributed by atoms with van der Waals surface area (Å²) in [4.78, 5) is 12.0. The predicted octanol–water partition coefficient (Wildman–Crippen LogP) is 2.44. The zero-order valence-electron chi connectivity index (χ0n) is 9.67. The molecule has 0 fully saturated rings. The Morgan fingerprint density at radius 3 is 2.94 bits per heavy atom. The van der Waals surface area contributed by atoms with Crippen molar-refractivity contribution in [2.45, 2.75) is 13.0 Å². The van der Waals surface area contributed by atoms with Crippen molar-refractivity contribution in [2.75, 3.05) is 5.32 Å². The maximum atomic E-state index is 12.0. The van der Waals surface area contributed by atoms with Gasteiger partial charge in [0.05, 0.1) is 10.7 Å². The highest BCUT2D eigenvalue weighted by Crippen LogP contribution is 2.26. The largest absolute Gasteiger partial charge is 0.508 e. The van der Waals surface area contributed by atoms with E-state index in [4.69, 9.17) is 11.6 Å². The lowest BCUT2D eigenvalue weighted by atomic mass is 10.2. The number of carbonyl (C=O) groups is 1. The molecule has 0 aliphatic carbocycles. The average molecular weight is 266 g/mol. The highest BCUT2D eigenvalue weighted by molar-refractivity contribution is 6.33. The topological polar surface area (TPSA) is 67.2 Å². The van der Waals surface area contributed by atoms with Crippen LogP contribution >= 0.6 is 11.6 Å². The van der Waals surface area contributed by atoms with E-state index in [-0.39, 0.29) is 16.7 Å². The molecule has 0 saturated carbocycles. The molecule has 1 amide bonds. The average Bonchev–Trinajstić information content (AvgIpc) is 2.85. The molecular formula is C12H12ClN3O2. The van der Waals surface area contributed by atoms with Crippen LogP contribution in [0.5, 0.6) is 5.75 Å². The molecule has 0 bridgehead atoms. The van der Waals surface area contributed by atoms with E-state index in [9.17, 15) is 9.90 Å². The zero-order chi connectivity index (χ0) is 13.1. The number of carbonyl (C=O) groups excluding carboxylic acids is 1. The summed E-state index contributed by atoms with van der Waals surface area (Å²) in [6, 6.07) is 5.68. The standard InChI is InChI=1S/C12H12ClN3O2/c1-8(16-6-2-5-14-16)12(18)15-11-4-3-9(17)7-10(11)13/h2-8,17H,1H3,(H,15,18). The number of rotatable bonds is 3. The van der Waals surface area contributed by atoms with Crippen LogP contribution < -0.4 is 5.32 Å². The van der Waals surface area contributed by atoms with Gasteiger partial charge in [0.25, 0.3) is 0 Å². The van der Waals surface area contributed by atoms with Gasteiger partial charge in [0.15, 0.2) is 0 Å². The second-order valence-corrected chi connectivity index (χ2v) is 4.22. The number of anilines is 1. The molecule has 2 aromatic rings. The van der Waals surface area contributed by atoms with E-state index in [2.05, 4.69) is 10.4 Å². The van der Waals surface area contributed by atoms with Crippen molar-refractivity contribution in [1.29, 1.82) is 0 Å². The van der Waals surface area contributed by atoms with Crippen LogP contribution in [0.15, 0.2) is 36.7 Å². The number of hydrogen-bond donors (Lipinski definition) is 2. The third kappa shape index (κ3) is 2.62. The Morgan fingerprint density at radius 2 is 2.33 bits per heavy atom. The van der Waals surface area contributed by atoms with Crippen molar-refractivity contribution < 1.29 is 9.90 Å². The molecule has 94 valence electrons. The number of halogens is 1. The molecule has 0 aliphatic rings. The normalized spacial score (nSPS) is 12.1. The van der Waals surface area contributed by atoms with Crippen LogP contribution in [0.1, 0.15) is 13.0 Å². The number of phenols is 1. The van der Waals surface area contributed by atoms with E-state index in [0.717, 1.165) is 0 Å². The number of nitrogens with one attached hydrogen (secondary N) is 1. The minimum Gasteiger partial charge on any atom is -0.508 e. The summed E-state index contributed by atoms with van der Waals surface area (Å²) < 4.78 is 1.55. The van der Waals surface area contributed by atoms with Gasteiger partial charge in [0, 0.05) is 18.5 Å². The maximum Gasteiger partial charge on any atom is 0.248 e. The van der Waals surface area contributed by atoms with Crippen LogP contribution in [0.2, 0.25) is 5.02 Å². The third-order valence-electron chi connectivity index (χ3n) is 2.51. The molecule has 2 N–H and O–H groups in total.